The first kappa shape index (κ1) is 15.2. The SMILES string of the molecule is CC(C)(C)OC(=O)NC1CC(NC2COc3ccccc32)C1. The molecular formula is C17H24N2O3. The van der Waals surface area contributed by atoms with Crippen LogP contribution in [0.3, 0.4) is 0 Å². The van der Waals surface area contributed by atoms with Crippen LogP contribution in [0.4, 0.5) is 4.79 Å². The minimum absolute atomic E-state index is 0.199. The second kappa shape index (κ2) is 5.80. The number of ether oxygens (including phenoxy) is 2. The summed E-state index contributed by atoms with van der Waals surface area (Å²) in [6.07, 6.45) is 1.53. The van der Waals surface area contributed by atoms with Crippen LogP contribution in [-0.4, -0.2) is 30.4 Å². The number of benzene rings is 1. The first-order valence-electron chi connectivity index (χ1n) is 7.88. The van der Waals surface area contributed by atoms with E-state index in [1.54, 1.807) is 0 Å². The summed E-state index contributed by atoms with van der Waals surface area (Å²) in [6.45, 7) is 6.29. The first-order valence-corrected chi connectivity index (χ1v) is 7.88. The number of amides is 1. The fourth-order valence-corrected chi connectivity index (χ4v) is 2.93. The molecule has 1 aromatic rings. The Bertz CT molecular complexity index is 547. The second-order valence-corrected chi connectivity index (χ2v) is 7.08. The maximum absolute atomic E-state index is 11.7. The highest BCUT2D eigenvalue weighted by Crippen LogP contribution is 2.33. The van der Waals surface area contributed by atoms with Crippen LogP contribution in [0.25, 0.3) is 0 Å². The fourth-order valence-electron chi connectivity index (χ4n) is 2.93. The molecule has 0 saturated heterocycles. The zero-order chi connectivity index (χ0) is 15.7. The molecule has 1 atom stereocenters. The first-order chi connectivity index (χ1) is 10.4. The van der Waals surface area contributed by atoms with Crippen molar-refractivity contribution in [3.8, 4) is 5.75 Å². The van der Waals surface area contributed by atoms with E-state index in [9.17, 15) is 4.79 Å². The number of carbonyl (C=O) groups is 1. The zero-order valence-corrected chi connectivity index (χ0v) is 13.4. The molecule has 1 amide bonds. The largest absolute Gasteiger partial charge is 0.491 e. The van der Waals surface area contributed by atoms with Gasteiger partial charge in [-0.3, -0.25) is 0 Å². The molecule has 0 radical (unpaired) electrons. The van der Waals surface area contributed by atoms with Crippen molar-refractivity contribution in [2.45, 2.75) is 57.3 Å². The number of nitrogens with one attached hydrogen (secondary N) is 2. The van der Waals surface area contributed by atoms with Crippen molar-refractivity contribution in [3.05, 3.63) is 29.8 Å². The van der Waals surface area contributed by atoms with Gasteiger partial charge < -0.3 is 20.1 Å². The van der Waals surface area contributed by atoms with Crippen LogP contribution in [-0.2, 0) is 4.74 Å². The molecule has 0 aromatic heterocycles. The van der Waals surface area contributed by atoms with Crippen LogP contribution < -0.4 is 15.4 Å². The lowest BCUT2D eigenvalue weighted by molar-refractivity contribution is 0.0462. The van der Waals surface area contributed by atoms with Crippen LogP contribution >= 0.6 is 0 Å². The highest BCUT2D eigenvalue weighted by Gasteiger charge is 2.35. The van der Waals surface area contributed by atoms with Gasteiger partial charge in [0.2, 0.25) is 0 Å². The molecule has 22 heavy (non-hydrogen) atoms. The van der Waals surface area contributed by atoms with E-state index in [4.69, 9.17) is 9.47 Å². The summed E-state index contributed by atoms with van der Waals surface area (Å²) >= 11 is 0. The molecular weight excluding hydrogens is 280 g/mol. The Morgan fingerprint density at radius 2 is 1.95 bits per heavy atom. The third kappa shape index (κ3) is 3.53. The summed E-state index contributed by atoms with van der Waals surface area (Å²) in [4.78, 5) is 11.7. The van der Waals surface area contributed by atoms with Crippen LogP contribution in [0.1, 0.15) is 45.2 Å². The van der Waals surface area contributed by atoms with E-state index < -0.39 is 5.60 Å². The Kier molecular flexibility index (Phi) is 4.00. The summed E-state index contributed by atoms with van der Waals surface area (Å²) in [7, 11) is 0. The van der Waals surface area contributed by atoms with E-state index in [2.05, 4.69) is 16.7 Å². The molecule has 1 aliphatic carbocycles. The van der Waals surface area contributed by atoms with Gasteiger partial charge in [-0.15, -0.1) is 0 Å². The highest BCUT2D eigenvalue weighted by atomic mass is 16.6. The van der Waals surface area contributed by atoms with E-state index in [0.717, 1.165) is 18.6 Å². The van der Waals surface area contributed by atoms with Gasteiger partial charge in [-0.2, -0.15) is 0 Å². The second-order valence-electron chi connectivity index (χ2n) is 7.08. The molecule has 1 aliphatic heterocycles. The molecule has 1 fully saturated rings. The van der Waals surface area contributed by atoms with Gasteiger partial charge in [-0.05, 0) is 39.7 Å². The van der Waals surface area contributed by atoms with Crippen molar-refractivity contribution in [2.75, 3.05) is 6.61 Å². The summed E-state index contributed by atoms with van der Waals surface area (Å²) in [5, 5.41) is 6.52. The number of rotatable bonds is 3. The van der Waals surface area contributed by atoms with Gasteiger partial charge in [0, 0.05) is 17.6 Å². The molecule has 120 valence electrons. The standard InChI is InChI=1S/C17H24N2O3/c1-17(2,3)22-16(20)19-12-8-11(9-12)18-14-10-21-15-7-5-4-6-13(14)15/h4-7,11-12,14,18H,8-10H2,1-3H3,(H,19,20). The highest BCUT2D eigenvalue weighted by molar-refractivity contribution is 5.68. The fraction of sp³-hybridized carbons (Fsp3) is 0.588. The van der Waals surface area contributed by atoms with Crippen LogP contribution in [0.15, 0.2) is 24.3 Å². The Labute approximate surface area is 131 Å². The predicted octanol–water partition coefficient (Wildman–Crippen LogP) is 2.77. The number of hydrogen-bond donors (Lipinski definition) is 2. The summed E-state index contributed by atoms with van der Waals surface area (Å²) in [5.41, 5.74) is 0.780. The van der Waals surface area contributed by atoms with Gasteiger partial charge >= 0.3 is 6.09 Å². The van der Waals surface area contributed by atoms with Gasteiger partial charge in [0.15, 0.2) is 0 Å². The number of para-hydroxylation sites is 1. The Hall–Kier alpha value is -1.75. The van der Waals surface area contributed by atoms with Crippen molar-refractivity contribution in [2.24, 2.45) is 0 Å². The predicted molar refractivity (Wildman–Crippen MR) is 84.0 cm³/mol. The maximum atomic E-state index is 11.7. The molecule has 5 heteroatoms. The Morgan fingerprint density at radius 3 is 2.68 bits per heavy atom. The lowest BCUT2D eigenvalue weighted by atomic mass is 9.86. The van der Waals surface area contributed by atoms with E-state index in [1.807, 2.05) is 39.0 Å². The lowest BCUT2D eigenvalue weighted by Gasteiger charge is -2.38. The van der Waals surface area contributed by atoms with Crippen LogP contribution in [0.2, 0.25) is 0 Å². The third-order valence-electron chi connectivity index (χ3n) is 4.00. The van der Waals surface area contributed by atoms with Gasteiger partial charge in [-0.25, -0.2) is 4.79 Å². The number of alkyl carbamates (subject to hydrolysis) is 1. The van der Waals surface area contributed by atoms with Gasteiger partial charge in [0.1, 0.15) is 18.0 Å². The van der Waals surface area contributed by atoms with Gasteiger partial charge in [0.25, 0.3) is 0 Å². The average Bonchev–Trinajstić information content (AvgIpc) is 2.77. The maximum Gasteiger partial charge on any atom is 0.407 e. The molecule has 1 saturated carbocycles. The van der Waals surface area contributed by atoms with Crippen molar-refractivity contribution in [1.29, 1.82) is 0 Å². The number of carbonyl (C=O) groups excluding carboxylic acids is 1. The number of fused-ring (bicyclic) bond motifs is 1. The van der Waals surface area contributed by atoms with Crippen molar-refractivity contribution >= 4 is 6.09 Å². The van der Waals surface area contributed by atoms with E-state index in [0.29, 0.717) is 12.6 Å². The summed E-state index contributed by atoms with van der Waals surface area (Å²) in [5.74, 6) is 0.975. The quantitative estimate of drug-likeness (QED) is 0.901. The smallest absolute Gasteiger partial charge is 0.407 e. The minimum atomic E-state index is -0.448. The van der Waals surface area contributed by atoms with E-state index in [-0.39, 0.29) is 18.2 Å². The molecule has 1 aromatic carbocycles. The Balaban J connectivity index is 1.42. The monoisotopic (exact) mass is 304 g/mol. The van der Waals surface area contributed by atoms with E-state index >= 15 is 0 Å². The summed E-state index contributed by atoms with van der Waals surface area (Å²) in [6, 6.07) is 9.01. The molecule has 2 N–H and O–H groups in total. The topological polar surface area (TPSA) is 59.6 Å². The number of hydrogen-bond acceptors (Lipinski definition) is 4. The lowest BCUT2D eigenvalue weighted by Crippen LogP contribution is -2.53. The van der Waals surface area contributed by atoms with Crippen molar-refractivity contribution in [3.63, 3.8) is 0 Å². The normalized spacial score (nSPS) is 26.6. The van der Waals surface area contributed by atoms with Crippen LogP contribution in [0.5, 0.6) is 5.75 Å². The van der Waals surface area contributed by atoms with Crippen molar-refractivity contribution < 1.29 is 14.3 Å². The molecule has 3 rings (SSSR count). The summed E-state index contributed by atoms with van der Waals surface area (Å²) < 4.78 is 10.9. The minimum Gasteiger partial charge on any atom is -0.491 e. The van der Waals surface area contributed by atoms with E-state index in [1.165, 1.54) is 5.56 Å². The molecule has 2 aliphatic rings. The zero-order valence-electron chi connectivity index (χ0n) is 13.4. The molecule has 0 spiro atoms. The van der Waals surface area contributed by atoms with Crippen LogP contribution in [0, 0.1) is 0 Å². The molecule has 5 nitrogen and oxygen atoms in total. The van der Waals surface area contributed by atoms with Crippen molar-refractivity contribution in [1.82, 2.24) is 10.6 Å². The Morgan fingerprint density at radius 1 is 1.23 bits per heavy atom. The van der Waals surface area contributed by atoms with Gasteiger partial charge in [-0.1, -0.05) is 18.2 Å². The molecule has 0 bridgehead atoms. The third-order valence-corrected chi connectivity index (χ3v) is 4.00. The molecule has 1 heterocycles. The average molecular weight is 304 g/mol. The van der Waals surface area contributed by atoms with Gasteiger partial charge in [0.05, 0.1) is 6.04 Å². The molecule has 1 unspecified atom stereocenters.